The van der Waals surface area contributed by atoms with Crippen molar-refractivity contribution in [1.82, 2.24) is 29.7 Å². The molecule has 1 fully saturated rings. The summed E-state index contributed by atoms with van der Waals surface area (Å²) < 4.78 is 41.2. The molecule has 0 spiro atoms. The maximum Gasteiger partial charge on any atom is 0.408 e. The van der Waals surface area contributed by atoms with E-state index in [9.17, 15) is 18.0 Å². The molecule has 1 amide bonds. The Morgan fingerprint density at radius 2 is 2.03 bits per heavy atom. The molecule has 0 bridgehead atoms. The van der Waals surface area contributed by atoms with Crippen LogP contribution < -0.4 is 0 Å². The summed E-state index contributed by atoms with van der Waals surface area (Å²) in [6, 6.07) is -0.0999. The largest absolute Gasteiger partial charge is 0.408 e. The Morgan fingerprint density at radius 3 is 2.77 bits per heavy atom. The van der Waals surface area contributed by atoms with Crippen LogP contribution in [0.5, 0.6) is 0 Å². The first kappa shape index (κ1) is 21.0. The molecule has 1 aliphatic rings. The Hall–Kier alpha value is -3.21. The number of fused-ring (bicyclic) bond motifs is 1. The number of hydrogen-bond acceptors (Lipinski definition) is 5. The zero-order valence-corrected chi connectivity index (χ0v) is 16.2. The molecule has 0 saturated carbocycles. The van der Waals surface area contributed by atoms with Crippen LogP contribution in [0.3, 0.4) is 0 Å². The lowest BCUT2D eigenvalue weighted by Gasteiger charge is -2.26. The van der Waals surface area contributed by atoms with E-state index in [1.54, 1.807) is 40.7 Å². The number of nitrogens with zero attached hydrogens (tertiary/aromatic N) is 5. The van der Waals surface area contributed by atoms with Crippen LogP contribution in [0.2, 0.25) is 0 Å². The number of H-pyrrole nitrogens is 1. The van der Waals surface area contributed by atoms with Gasteiger partial charge < -0.3 is 4.90 Å². The highest BCUT2D eigenvalue weighted by molar-refractivity contribution is 7.12. The lowest BCUT2D eigenvalue weighted by Crippen LogP contribution is -2.44. The Balaban J connectivity index is 0.00000231. The molecule has 31 heavy (non-hydrogen) atoms. The maximum atomic E-state index is 13.2. The topological polar surface area (TPSA) is 79.2 Å². The standard InChI is InChI=1S/C19H15F3N6OS.CH4/c20-19(21,22)16-2-1-3-27(16)18(29)15-4-11(10-30-15)14-8-26-28-9-13(5-23-17(14)28)12-6-24-25-7-12;/h4-10,16H,1-3H2,(H,24,25);1H4. The predicted molar refractivity (Wildman–Crippen MR) is 111 cm³/mol. The van der Waals surface area contributed by atoms with Gasteiger partial charge in [-0.1, -0.05) is 7.43 Å². The van der Waals surface area contributed by atoms with E-state index in [2.05, 4.69) is 20.3 Å². The number of thiophene rings is 1. The lowest BCUT2D eigenvalue weighted by molar-refractivity contribution is -0.169. The number of aromatic amines is 1. The van der Waals surface area contributed by atoms with Crippen LogP contribution in [0.15, 0.2) is 42.4 Å². The van der Waals surface area contributed by atoms with Crippen molar-refractivity contribution < 1.29 is 18.0 Å². The molecule has 1 unspecified atom stereocenters. The quantitative estimate of drug-likeness (QED) is 0.495. The van der Waals surface area contributed by atoms with Gasteiger partial charge in [0.25, 0.3) is 5.91 Å². The molecular weight excluding hydrogens is 429 g/mol. The minimum absolute atomic E-state index is 0. The fraction of sp³-hybridized carbons (Fsp3) is 0.300. The lowest BCUT2D eigenvalue weighted by atomic mass is 10.1. The van der Waals surface area contributed by atoms with E-state index in [1.807, 2.05) is 6.20 Å². The number of amides is 1. The summed E-state index contributed by atoms with van der Waals surface area (Å²) in [5.74, 6) is -0.585. The van der Waals surface area contributed by atoms with Gasteiger partial charge in [-0.05, 0) is 29.9 Å². The normalized spacial score (nSPS) is 16.6. The number of halogens is 3. The first-order chi connectivity index (χ1) is 14.4. The summed E-state index contributed by atoms with van der Waals surface area (Å²) in [5.41, 5.74) is 3.70. The molecule has 0 radical (unpaired) electrons. The molecule has 4 aromatic heterocycles. The van der Waals surface area contributed by atoms with Crippen LogP contribution in [-0.4, -0.2) is 54.4 Å². The van der Waals surface area contributed by atoms with Gasteiger partial charge in [-0.2, -0.15) is 23.4 Å². The summed E-state index contributed by atoms with van der Waals surface area (Å²) in [6.07, 6.45) is 4.45. The van der Waals surface area contributed by atoms with Gasteiger partial charge in [-0.25, -0.2) is 9.50 Å². The second-order valence-electron chi connectivity index (χ2n) is 7.05. The Labute approximate surface area is 179 Å². The highest BCUT2D eigenvalue weighted by atomic mass is 32.1. The molecule has 1 N–H and O–H groups in total. The number of likely N-dealkylation sites (tertiary alicyclic amines) is 1. The van der Waals surface area contributed by atoms with Crippen molar-refractivity contribution in [3.05, 3.63) is 47.3 Å². The molecule has 5 rings (SSSR count). The molecule has 4 aromatic rings. The zero-order valence-electron chi connectivity index (χ0n) is 15.4. The van der Waals surface area contributed by atoms with Crippen molar-refractivity contribution in [1.29, 1.82) is 0 Å². The van der Waals surface area contributed by atoms with E-state index in [4.69, 9.17) is 0 Å². The number of aromatic nitrogens is 5. The average molecular weight is 448 g/mol. The Morgan fingerprint density at radius 1 is 1.19 bits per heavy atom. The number of nitrogens with one attached hydrogen (secondary N) is 1. The summed E-state index contributed by atoms with van der Waals surface area (Å²) in [5, 5.41) is 12.7. The van der Waals surface area contributed by atoms with Crippen LogP contribution >= 0.6 is 11.3 Å². The van der Waals surface area contributed by atoms with Gasteiger partial charge in [-0.15, -0.1) is 11.3 Å². The fourth-order valence-corrected chi connectivity index (χ4v) is 4.58. The fourth-order valence-electron chi connectivity index (χ4n) is 3.72. The minimum atomic E-state index is -4.41. The number of alkyl halides is 3. The van der Waals surface area contributed by atoms with Gasteiger partial charge >= 0.3 is 6.18 Å². The molecule has 0 aliphatic carbocycles. The highest BCUT2D eigenvalue weighted by Gasteiger charge is 2.48. The van der Waals surface area contributed by atoms with Crippen molar-refractivity contribution in [3.63, 3.8) is 0 Å². The molecule has 1 aliphatic heterocycles. The van der Waals surface area contributed by atoms with Crippen molar-refractivity contribution in [3.8, 4) is 22.3 Å². The predicted octanol–water partition coefficient (Wildman–Crippen LogP) is 4.65. The first-order valence-corrected chi connectivity index (χ1v) is 10.1. The van der Waals surface area contributed by atoms with Crippen molar-refractivity contribution in [2.45, 2.75) is 32.5 Å². The Kier molecular flexibility index (Phi) is 5.29. The maximum absolute atomic E-state index is 13.2. The van der Waals surface area contributed by atoms with E-state index in [-0.39, 0.29) is 25.3 Å². The van der Waals surface area contributed by atoms with Crippen LogP contribution in [-0.2, 0) is 0 Å². The number of carbonyl (C=O) groups is 1. The second-order valence-corrected chi connectivity index (χ2v) is 7.97. The summed E-state index contributed by atoms with van der Waals surface area (Å²) in [4.78, 5) is 18.4. The van der Waals surface area contributed by atoms with Gasteiger partial charge in [0.05, 0.1) is 17.3 Å². The summed E-state index contributed by atoms with van der Waals surface area (Å²) >= 11 is 1.13. The van der Waals surface area contributed by atoms with Gasteiger partial charge in [-0.3, -0.25) is 9.89 Å². The molecule has 5 heterocycles. The van der Waals surface area contributed by atoms with Crippen LogP contribution in [0.25, 0.3) is 27.9 Å². The Bertz CT molecular complexity index is 1210. The van der Waals surface area contributed by atoms with Gasteiger partial charge in [0.15, 0.2) is 5.65 Å². The smallest absolute Gasteiger partial charge is 0.326 e. The second kappa shape index (κ2) is 7.80. The molecule has 11 heteroatoms. The monoisotopic (exact) mass is 448 g/mol. The molecule has 1 saturated heterocycles. The summed E-state index contributed by atoms with van der Waals surface area (Å²) in [6.45, 7) is 0.116. The van der Waals surface area contributed by atoms with Crippen LogP contribution in [0.4, 0.5) is 13.2 Å². The van der Waals surface area contributed by atoms with Gasteiger partial charge in [0.2, 0.25) is 0 Å². The third-order valence-corrected chi connectivity index (χ3v) is 6.12. The molecule has 0 aromatic carbocycles. The number of rotatable bonds is 3. The minimum Gasteiger partial charge on any atom is -0.326 e. The average Bonchev–Trinajstić information content (AvgIpc) is 3.52. The highest BCUT2D eigenvalue weighted by Crippen LogP contribution is 2.35. The molecular formula is C20H19F3N6OS. The summed E-state index contributed by atoms with van der Waals surface area (Å²) in [7, 11) is 0. The van der Waals surface area contributed by atoms with E-state index in [1.165, 1.54) is 0 Å². The third kappa shape index (κ3) is 3.69. The number of hydrogen-bond donors (Lipinski definition) is 1. The van der Waals surface area contributed by atoms with Crippen molar-refractivity contribution in [2.24, 2.45) is 0 Å². The van der Waals surface area contributed by atoms with E-state index in [0.717, 1.165) is 27.4 Å². The van der Waals surface area contributed by atoms with E-state index in [0.29, 0.717) is 23.2 Å². The molecule has 1 atom stereocenters. The molecule has 7 nitrogen and oxygen atoms in total. The SMILES string of the molecule is C.O=C(c1cc(-c2cnn3cc(-c4cn[nH]c4)cnc23)cs1)N1CCCC1C(F)(F)F. The number of carbonyl (C=O) groups excluding carboxylic acids is 1. The van der Waals surface area contributed by atoms with Crippen molar-refractivity contribution >= 4 is 22.9 Å². The zero-order chi connectivity index (χ0) is 20.9. The van der Waals surface area contributed by atoms with Crippen molar-refractivity contribution in [2.75, 3.05) is 6.54 Å². The van der Waals surface area contributed by atoms with Crippen LogP contribution in [0.1, 0.15) is 29.9 Å². The first-order valence-electron chi connectivity index (χ1n) is 9.21. The van der Waals surface area contributed by atoms with Crippen LogP contribution in [0, 0.1) is 0 Å². The third-order valence-electron chi connectivity index (χ3n) is 5.20. The van der Waals surface area contributed by atoms with E-state index < -0.39 is 18.1 Å². The van der Waals surface area contributed by atoms with Gasteiger partial charge in [0.1, 0.15) is 6.04 Å². The van der Waals surface area contributed by atoms with Gasteiger partial charge in [0, 0.05) is 41.8 Å². The molecule has 162 valence electrons. The van der Waals surface area contributed by atoms with E-state index >= 15 is 0 Å².